The van der Waals surface area contributed by atoms with Crippen molar-refractivity contribution in [3.63, 3.8) is 0 Å². The van der Waals surface area contributed by atoms with Gasteiger partial charge in [-0.15, -0.1) is 0 Å². The minimum Gasteiger partial charge on any atom is -0.369 e. The zero-order valence-electron chi connectivity index (χ0n) is 23.1. The second kappa shape index (κ2) is 9.11. The monoisotopic (exact) mass is 482 g/mol. The highest BCUT2D eigenvalue weighted by molar-refractivity contribution is 5.24. The van der Waals surface area contributed by atoms with E-state index in [2.05, 4.69) is 55.3 Å². The molecule has 1 N–H and O–H groups in total. The molecule has 5 fully saturated rings. The van der Waals surface area contributed by atoms with Crippen LogP contribution in [0.1, 0.15) is 98.8 Å². The second-order valence-corrected chi connectivity index (χ2v) is 13.8. The highest BCUT2D eigenvalue weighted by atomic mass is 16.5. The number of hydrogen-bond acceptors (Lipinski definition) is 5. The molecule has 10 unspecified atom stereocenters. The first-order valence-corrected chi connectivity index (χ1v) is 15.1. The van der Waals surface area contributed by atoms with Gasteiger partial charge in [-0.05, 0) is 107 Å². The van der Waals surface area contributed by atoms with Crippen LogP contribution in [0.25, 0.3) is 0 Å². The second-order valence-electron chi connectivity index (χ2n) is 13.8. The van der Waals surface area contributed by atoms with Crippen molar-refractivity contribution >= 4 is 0 Å². The molecule has 10 atom stereocenters. The van der Waals surface area contributed by atoms with Crippen LogP contribution in [0.2, 0.25) is 0 Å². The number of piperidine rings is 1. The Balaban J connectivity index is 1.17. The Hall–Kier alpha value is -0.940. The van der Waals surface area contributed by atoms with Gasteiger partial charge >= 0.3 is 0 Å². The topological polar surface area (TPSA) is 49.2 Å². The number of allylic oxidation sites excluding steroid dienone is 1. The maximum absolute atomic E-state index is 6.98. The minimum absolute atomic E-state index is 0.0199. The molecule has 0 bridgehead atoms. The minimum atomic E-state index is 0.0199. The van der Waals surface area contributed by atoms with Crippen LogP contribution >= 0.6 is 0 Å². The van der Waals surface area contributed by atoms with E-state index in [1.807, 2.05) is 0 Å². The van der Waals surface area contributed by atoms with Crippen molar-refractivity contribution in [1.29, 1.82) is 0 Å². The Kier molecular flexibility index (Phi) is 6.35. The van der Waals surface area contributed by atoms with E-state index >= 15 is 0 Å². The summed E-state index contributed by atoms with van der Waals surface area (Å²) in [5, 5.41) is 14.9. The van der Waals surface area contributed by atoms with E-state index < -0.39 is 0 Å². The molecule has 3 saturated carbocycles. The van der Waals surface area contributed by atoms with Crippen LogP contribution in [0.4, 0.5) is 0 Å². The summed E-state index contributed by atoms with van der Waals surface area (Å²) in [7, 11) is 0. The van der Waals surface area contributed by atoms with Crippen LogP contribution in [0, 0.1) is 35.0 Å². The molecular formula is C30H50N4O. The van der Waals surface area contributed by atoms with Crippen LogP contribution < -0.4 is 5.32 Å². The Morgan fingerprint density at radius 3 is 2.80 bits per heavy atom. The first-order valence-electron chi connectivity index (χ1n) is 15.1. The van der Waals surface area contributed by atoms with Gasteiger partial charge in [0.25, 0.3) is 0 Å². The lowest BCUT2D eigenvalue weighted by Gasteiger charge is -2.54. The van der Waals surface area contributed by atoms with E-state index in [1.54, 1.807) is 11.1 Å². The van der Waals surface area contributed by atoms with E-state index in [0.29, 0.717) is 29.5 Å². The Morgan fingerprint density at radius 2 is 2.03 bits per heavy atom. The third kappa shape index (κ3) is 4.02. The molecule has 3 aliphatic heterocycles. The van der Waals surface area contributed by atoms with Gasteiger partial charge in [0, 0.05) is 18.0 Å². The van der Waals surface area contributed by atoms with E-state index in [0.717, 1.165) is 56.1 Å². The van der Waals surface area contributed by atoms with Gasteiger partial charge in [-0.2, -0.15) is 5.11 Å². The highest BCUT2D eigenvalue weighted by Gasteiger charge is 2.55. The zero-order valence-corrected chi connectivity index (χ0v) is 23.1. The van der Waals surface area contributed by atoms with Gasteiger partial charge in [0.15, 0.2) is 0 Å². The van der Waals surface area contributed by atoms with Gasteiger partial charge in [0.1, 0.15) is 0 Å². The summed E-state index contributed by atoms with van der Waals surface area (Å²) in [5.41, 5.74) is 4.02. The first kappa shape index (κ1) is 24.4. The third-order valence-electron chi connectivity index (χ3n) is 12.1. The molecule has 0 aromatic heterocycles. The van der Waals surface area contributed by atoms with Gasteiger partial charge in [-0.3, -0.25) is 5.01 Å². The maximum Gasteiger partial charge on any atom is 0.0813 e. The third-order valence-corrected chi connectivity index (χ3v) is 12.1. The lowest BCUT2D eigenvalue weighted by atomic mass is 9.52. The Bertz CT molecular complexity index is 870. The number of fused-ring (bicyclic) bond motifs is 4. The van der Waals surface area contributed by atoms with Crippen LogP contribution in [-0.2, 0) is 4.74 Å². The van der Waals surface area contributed by atoms with Crippen LogP contribution in [0.5, 0.6) is 0 Å². The van der Waals surface area contributed by atoms with E-state index in [4.69, 9.17) is 4.74 Å². The van der Waals surface area contributed by atoms with Crippen LogP contribution in [-0.4, -0.2) is 48.4 Å². The average Bonchev–Trinajstić information content (AvgIpc) is 3.58. The van der Waals surface area contributed by atoms with E-state index in [-0.39, 0.29) is 5.60 Å². The summed E-state index contributed by atoms with van der Waals surface area (Å²) in [5.74, 6) is 3.98. The lowest BCUT2D eigenvalue weighted by molar-refractivity contribution is -0.0674. The van der Waals surface area contributed by atoms with Crippen LogP contribution in [0.15, 0.2) is 21.5 Å². The fourth-order valence-corrected chi connectivity index (χ4v) is 9.75. The van der Waals surface area contributed by atoms with Gasteiger partial charge in [-0.1, -0.05) is 44.1 Å². The van der Waals surface area contributed by atoms with E-state index in [9.17, 15) is 0 Å². The molecule has 6 aliphatic rings. The number of nitrogens with one attached hydrogen (secondary N) is 1. The molecule has 0 amide bonds. The fourth-order valence-electron chi connectivity index (χ4n) is 9.75. The van der Waals surface area contributed by atoms with Gasteiger partial charge in [0.2, 0.25) is 0 Å². The number of rotatable bonds is 4. The standard InChI is InChI=1S/C30H50N4O/c1-6-30(21(4)28-27(35-30)13-19(2)18-31-28)17-20(3)23-14-22-7-8-24-16-25(34-12-11-32-33-34)9-10-29(24,5)26(22)15-23/h19,21-22,24-28,31H,6-18H2,1-5H3. The number of ether oxygens (including phenoxy) is 1. The molecule has 3 heterocycles. The number of nitrogens with zero attached hydrogens (tertiary/aromatic N) is 3. The molecule has 2 saturated heterocycles. The highest BCUT2D eigenvalue weighted by Crippen LogP contribution is 2.62. The molecular weight excluding hydrogens is 432 g/mol. The Morgan fingerprint density at radius 1 is 1.17 bits per heavy atom. The quantitative estimate of drug-likeness (QED) is 0.462. The largest absolute Gasteiger partial charge is 0.369 e. The van der Waals surface area contributed by atoms with Crippen molar-refractivity contribution < 1.29 is 4.74 Å². The smallest absolute Gasteiger partial charge is 0.0813 e. The average molecular weight is 483 g/mol. The molecule has 0 radical (unpaired) electrons. The molecule has 6 rings (SSSR count). The molecule has 3 aliphatic carbocycles. The van der Waals surface area contributed by atoms with E-state index in [1.165, 1.54) is 51.4 Å². The summed E-state index contributed by atoms with van der Waals surface area (Å²) in [4.78, 5) is 0. The van der Waals surface area contributed by atoms with Gasteiger partial charge in [0.05, 0.1) is 24.8 Å². The summed E-state index contributed by atoms with van der Waals surface area (Å²) < 4.78 is 6.98. The number of hydrogen-bond donors (Lipinski definition) is 1. The predicted molar refractivity (Wildman–Crippen MR) is 141 cm³/mol. The van der Waals surface area contributed by atoms with Crippen molar-refractivity contribution in [1.82, 2.24) is 10.3 Å². The summed E-state index contributed by atoms with van der Waals surface area (Å²) in [6, 6.07) is 1.18. The van der Waals surface area contributed by atoms with Crippen molar-refractivity contribution in [3.05, 3.63) is 11.1 Å². The zero-order chi connectivity index (χ0) is 24.4. The summed E-state index contributed by atoms with van der Waals surface area (Å²) >= 11 is 0. The van der Waals surface area contributed by atoms with Crippen molar-refractivity contribution in [2.75, 3.05) is 19.6 Å². The summed E-state index contributed by atoms with van der Waals surface area (Å²) in [6.07, 6.45) is 13.5. The van der Waals surface area contributed by atoms with Crippen molar-refractivity contribution in [3.8, 4) is 0 Å². The Labute approximate surface area is 213 Å². The molecule has 5 heteroatoms. The SMILES string of the molecule is CCC1(CC(C)=C2CC3CCC4CC(N5CCN=N5)CCC4(C)C3C2)OC2CC(C)CNC2C1C. The van der Waals surface area contributed by atoms with Crippen molar-refractivity contribution in [2.24, 2.45) is 45.3 Å². The van der Waals surface area contributed by atoms with Gasteiger partial charge < -0.3 is 10.1 Å². The summed E-state index contributed by atoms with van der Waals surface area (Å²) in [6.45, 7) is 15.4. The van der Waals surface area contributed by atoms with Crippen molar-refractivity contribution in [2.45, 2.75) is 123 Å². The maximum atomic E-state index is 6.98. The van der Waals surface area contributed by atoms with Crippen LogP contribution in [0.3, 0.4) is 0 Å². The predicted octanol–water partition coefficient (Wildman–Crippen LogP) is 6.55. The molecule has 0 spiro atoms. The molecule has 196 valence electrons. The normalized spacial score (nSPS) is 50.7. The lowest BCUT2D eigenvalue weighted by Crippen LogP contribution is -2.49. The molecule has 35 heavy (non-hydrogen) atoms. The van der Waals surface area contributed by atoms with Gasteiger partial charge in [-0.25, -0.2) is 0 Å². The fraction of sp³-hybridized carbons (Fsp3) is 0.933. The molecule has 5 nitrogen and oxygen atoms in total. The molecule has 0 aromatic carbocycles. The molecule has 0 aromatic rings. The first-order chi connectivity index (χ1) is 16.8.